The minimum Gasteiger partial charge on any atom is -0.459 e. The van der Waals surface area contributed by atoms with Crippen LogP contribution in [0, 0.1) is 18.8 Å². The Morgan fingerprint density at radius 2 is 2.37 bits per heavy atom. The Bertz CT molecular complexity index is 703. The number of aryl methyl sites for hydroxylation is 1. The standard InChI is InChI=1S/C13H14N2O3S/c1-7-3-10(7)12(17)18-5-9-4-11(16)15-8(2)6-19-13(15)14-9/h4,6-7,10H,3,5H2,1-2H3/t7-,10-/m1/s1. The smallest absolute Gasteiger partial charge is 0.309 e. The zero-order valence-electron chi connectivity index (χ0n) is 10.8. The number of esters is 1. The van der Waals surface area contributed by atoms with E-state index in [1.165, 1.54) is 17.4 Å². The topological polar surface area (TPSA) is 60.7 Å². The number of hydrogen-bond donors (Lipinski definition) is 0. The molecule has 3 rings (SSSR count). The van der Waals surface area contributed by atoms with Gasteiger partial charge >= 0.3 is 5.97 Å². The highest BCUT2D eigenvalue weighted by atomic mass is 32.1. The van der Waals surface area contributed by atoms with Crippen molar-refractivity contribution in [3.8, 4) is 0 Å². The van der Waals surface area contributed by atoms with Crippen LogP contribution in [0.25, 0.3) is 4.96 Å². The number of hydrogen-bond acceptors (Lipinski definition) is 5. The van der Waals surface area contributed by atoms with Gasteiger partial charge in [-0.1, -0.05) is 6.92 Å². The van der Waals surface area contributed by atoms with Crippen molar-refractivity contribution in [2.45, 2.75) is 26.9 Å². The van der Waals surface area contributed by atoms with Crippen molar-refractivity contribution in [2.24, 2.45) is 11.8 Å². The molecule has 0 saturated heterocycles. The monoisotopic (exact) mass is 278 g/mol. The van der Waals surface area contributed by atoms with Gasteiger partial charge in [0.05, 0.1) is 11.6 Å². The minimum absolute atomic E-state index is 0.0359. The molecule has 5 nitrogen and oxygen atoms in total. The van der Waals surface area contributed by atoms with Crippen LogP contribution in [-0.4, -0.2) is 15.4 Å². The van der Waals surface area contributed by atoms with Crippen LogP contribution < -0.4 is 5.56 Å². The van der Waals surface area contributed by atoms with E-state index in [0.29, 0.717) is 16.6 Å². The predicted molar refractivity (Wildman–Crippen MR) is 71.1 cm³/mol. The Morgan fingerprint density at radius 3 is 3.05 bits per heavy atom. The van der Waals surface area contributed by atoms with Gasteiger partial charge in [0, 0.05) is 17.1 Å². The fourth-order valence-corrected chi connectivity index (χ4v) is 2.97. The van der Waals surface area contributed by atoms with Crippen LogP contribution in [0.5, 0.6) is 0 Å². The van der Waals surface area contributed by atoms with E-state index in [-0.39, 0.29) is 24.1 Å². The molecule has 0 amide bonds. The van der Waals surface area contributed by atoms with Gasteiger partial charge in [-0.2, -0.15) is 0 Å². The Hall–Kier alpha value is -1.69. The van der Waals surface area contributed by atoms with E-state index < -0.39 is 0 Å². The number of fused-ring (bicyclic) bond motifs is 1. The van der Waals surface area contributed by atoms with E-state index in [9.17, 15) is 9.59 Å². The highest BCUT2D eigenvalue weighted by molar-refractivity contribution is 7.15. The van der Waals surface area contributed by atoms with E-state index in [0.717, 1.165) is 12.1 Å². The fraction of sp³-hybridized carbons (Fsp3) is 0.462. The number of thiazole rings is 1. The van der Waals surface area contributed by atoms with Crippen LogP contribution in [-0.2, 0) is 16.1 Å². The molecular formula is C13H14N2O3S. The van der Waals surface area contributed by atoms with Crippen molar-refractivity contribution in [3.05, 3.63) is 33.2 Å². The molecule has 0 aliphatic heterocycles. The molecule has 1 aliphatic carbocycles. The van der Waals surface area contributed by atoms with Gasteiger partial charge in [0.2, 0.25) is 0 Å². The van der Waals surface area contributed by atoms with Crippen molar-refractivity contribution >= 4 is 22.3 Å². The molecule has 0 spiro atoms. The van der Waals surface area contributed by atoms with Gasteiger partial charge in [0.15, 0.2) is 4.96 Å². The molecule has 100 valence electrons. The zero-order chi connectivity index (χ0) is 13.6. The van der Waals surface area contributed by atoms with Crippen LogP contribution in [0.2, 0.25) is 0 Å². The van der Waals surface area contributed by atoms with E-state index in [4.69, 9.17) is 4.74 Å². The van der Waals surface area contributed by atoms with Crippen molar-refractivity contribution in [1.29, 1.82) is 0 Å². The van der Waals surface area contributed by atoms with Crippen LogP contribution in [0.15, 0.2) is 16.2 Å². The van der Waals surface area contributed by atoms with Gasteiger partial charge in [0.25, 0.3) is 5.56 Å². The summed E-state index contributed by atoms with van der Waals surface area (Å²) in [5, 5.41) is 1.88. The first kappa shape index (κ1) is 12.3. The maximum absolute atomic E-state index is 11.9. The average Bonchev–Trinajstić information content (AvgIpc) is 2.98. The lowest BCUT2D eigenvalue weighted by Gasteiger charge is -2.04. The predicted octanol–water partition coefficient (Wildman–Crippen LogP) is 1.76. The maximum Gasteiger partial charge on any atom is 0.309 e. The highest BCUT2D eigenvalue weighted by Gasteiger charge is 2.40. The fourth-order valence-electron chi connectivity index (χ4n) is 2.08. The molecule has 2 atom stereocenters. The summed E-state index contributed by atoms with van der Waals surface area (Å²) in [5.41, 5.74) is 1.25. The SMILES string of the molecule is Cc1csc2nc(COC(=O)[C@@H]3C[C@H]3C)cc(=O)n12. The summed E-state index contributed by atoms with van der Waals surface area (Å²) >= 11 is 1.41. The number of ether oxygens (including phenoxy) is 1. The van der Waals surface area contributed by atoms with Crippen LogP contribution in [0.4, 0.5) is 0 Å². The lowest BCUT2D eigenvalue weighted by molar-refractivity contribution is -0.147. The number of rotatable bonds is 3. The third-order valence-corrected chi connectivity index (χ3v) is 4.35. The largest absolute Gasteiger partial charge is 0.459 e. The maximum atomic E-state index is 11.9. The van der Waals surface area contributed by atoms with Crippen LogP contribution >= 0.6 is 11.3 Å². The van der Waals surface area contributed by atoms with Crippen LogP contribution in [0.1, 0.15) is 24.7 Å². The van der Waals surface area contributed by atoms with Gasteiger partial charge in [-0.25, -0.2) is 4.98 Å². The third kappa shape index (κ3) is 2.28. The molecule has 2 aromatic heterocycles. The Labute approximate surface area is 113 Å². The average molecular weight is 278 g/mol. The van der Waals surface area contributed by atoms with E-state index in [1.54, 1.807) is 4.40 Å². The summed E-state index contributed by atoms with van der Waals surface area (Å²) in [6.07, 6.45) is 0.901. The van der Waals surface area contributed by atoms with Gasteiger partial charge < -0.3 is 4.74 Å². The zero-order valence-corrected chi connectivity index (χ0v) is 11.6. The molecule has 2 heterocycles. The van der Waals surface area contributed by atoms with E-state index in [1.807, 2.05) is 19.2 Å². The van der Waals surface area contributed by atoms with Crippen molar-refractivity contribution in [1.82, 2.24) is 9.38 Å². The number of carbonyl (C=O) groups excluding carboxylic acids is 1. The molecule has 0 bridgehead atoms. The molecule has 0 aromatic carbocycles. The van der Waals surface area contributed by atoms with Crippen molar-refractivity contribution in [3.63, 3.8) is 0 Å². The second-order valence-electron chi connectivity index (χ2n) is 5.01. The van der Waals surface area contributed by atoms with Gasteiger partial charge in [-0.05, 0) is 19.3 Å². The lowest BCUT2D eigenvalue weighted by Crippen LogP contribution is -2.16. The molecular weight excluding hydrogens is 264 g/mol. The number of nitrogens with zero attached hydrogens (tertiary/aromatic N) is 2. The Kier molecular flexibility index (Phi) is 2.89. The molecule has 1 aliphatic rings. The quantitative estimate of drug-likeness (QED) is 0.803. The molecule has 1 saturated carbocycles. The number of carbonyl (C=O) groups is 1. The summed E-state index contributed by atoms with van der Waals surface area (Å²) < 4.78 is 6.74. The normalized spacial score (nSPS) is 21.6. The Balaban J connectivity index is 1.78. The number of aromatic nitrogens is 2. The van der Waals surface area contributed by atoms with Crippen molar-refractivity contribution < 1.29 is 9.53 Å². The van der Waals surface area contributed by atoms with Crippen LogP contribution in [0.3, 0.4) is 0 Å². The van der Waals surface area contributed by atoms with E-state index >= 15 is 0 Å². The van der Waals surface area contributed by atoms with Crippen molar-refractivity contribution in [2.75, 3.05) is 0 Å². The highest BCUT2D eigenvalue weighted by Crippen LogP contribution is 2.38. The molecule has 0 radical (unpaired) electrons. The molecule has 0 N–H and O–H groups in total. The summed E-state index contributed by atoms with van der Waals surface area (Å²) in [6, 6.07) is 1.43. The molecule has 6 heteroatoms. The molecule has 2 aromatic rings. The first-order valence-electron chi connectivity index (χ1n) is 6.19. The molecule has 1 fully saturated rings. The van der Waals surface area contributed by atoms with E-state index in [2.05, 4.69) is 4.98 Å². The minimum atomic E-state index is -0.183. The first-order valence-corrected chi connectivity index (χ1v) is 7.07. The van der Waals surface area contributed by atoms with Gasteiger partial charge in [-0.3, -0.25) is 14.0 Å². The summed E-state index contributed by atoms with van der Waals surface area (Å²) in [4.78, 5) is 28.5. The summed E-state index contributed by atoms with van der Waals surface area (Å²) in [7, 11) is 0. The summed E-state index contributed by atoms with van der Waals surface area (Å²) in [5.74, 6) is 0.277. The summed E-state index contributed by atoms with van der Waals surface area (Å²) in [6.45, 7) is 3.96. The second-order valence-corrected chi connectivity index (χ2v) is 5.84. The molecule has 0 unspecified atom stereocenters. The van der Waals surface area contributed by atoms with Gasteiger partial charge in [-0.15, -0.1) is 11.3 Å². The Morgan fingerprint density at radius 1 is 1.63 bits per heavy atom. The first-order chi connectivity index (χ1) is 9.06. The molecule has 19 heavy (non-hydrogen) atoms. The third-order valence-electron chi connectivity index (χ3n) is 3.40. The van der Waals surface area contributed by atoms with Gasteiger partial charge in [0.1, 0.15) is 6.61 Å². The lowest BCUT2D eigenvalue weighted by atomic mass is 10.3. The second kappa shape index (κ2) is 4.45.